The number of hydrogen-bond acceptors (Lipinski definition) is 3. The van der Waals surface area contributed by atoms with Gasteiger partial charge in [-0.25, -0.2) is 0 Å². The summed E-state index contributed by atoms with van der Waals surface area (Å²) >= 11 is 0. The van der Waals surface area contributed by atoms with Crippen LogP contribution in [-0.2, 0) is 0 Å². The predicted molar refractivity (Wildman–Crippen MR) is 62.8 cm³/mol. The zero-order valence-electron chi connectivity index (χ0n) is 9.56. The first-order valence-electron chi connectivity index (χ1n) is 5.80. The maximum atomic E-state index is 12.0. The second kappa shape index (κ2) is 5.14. The molecule has 1 aromatic heterocycles. The zero-order valence-corrected chi connectivity index (χ0v) is 9.56. The van der Waals surface area contributed by atoms with Crippen LogP contribution < -0.4 is 5.56 Å². The van der Waals surface area contributed by atoms with Crippen molar-refractivity contribution in [3.05, 3.63) is 34.2 Å². The Hall–Kier alpha value is -1.62. The fourth-order valence-electron chi connectivity index (χ4n) is 2.18. The van der Waals surface area contributed by atoms with Gasteiger partial charge in [0, 0.05) is 25.8 Å². The minimum atomic E-state index is -0.262. The molecule has 0 aliphatic carbocycles. The lowest BCUT2D eigenvalue weighted by Gasteiger charge is -2.15. The fraction of sp³-hybridized carbons (Fsp3) is 0.500. The summed E-state index contributed by atoms with van der Waals surface area (Å²) in [6, 6.07) is 4.58. The molecular formula is C12H16N2O3. The molecular weight excluding hydrogens is 220 g/mol. The maximum Gasteiger partial charge on any atom is 0.270 e. The topological polar surface area (TPSA) is 73.4 Å². The van der Waals surface area contributed by atoms with Gasteiger partial charge in [0.05, 0.1) is 0 Å². The van der Waals surface area contributed by atoms with Gasteiger partial charge < -0.3 is 15.0 Å². The average Bonchev–Trinajstić information content (AvgIpc) is 2.77. The van der Waals surface area contributed by atoms with Gasteiger partial charge in [-0.3, -0.25) is 9.59 Å². The molecule has 17 heavy (non-hydrogen) atoms. The number of rotatable bonds is 3. The van der Waals surface area contributed by atoms with Gasteiger partial charge in [0.1, 0.15) is 5.69 Å². The van der Waals surface area contributed by atoms with Crippen LogP contribution in [0.2, 0.25) is 0 Å². The first-order valence-corrected chi connectivity index (χ1v) is 5.80. The van der Waals surface area contributed by atoms with Crippen molar-refractivity contribution >= 4 is 5.91 Å². The van der Waals surface area contributed by atoms with E-state index in [9.17, 15) is 9.59 Å². The number of likely N-dealkylation sites (tertiary alicyclic amines) is 1. The van der Waals surface area contributed by atoms with Crippen LogP contribution in [0.25, 0.3) is 0 Å². The number of aliphatic hydroxyl groups excluding tert-OH is 1. The Morgan fingerprint density at radius 3 is 3.06 bits per heavy atom. The standard InChI is InChI=1S/C12H16N2O3/c15-7-5-9-4-6-14(8-9)12(17)10-2-1-3-11(16)13-10/h1-3,9,15H,4-8H2,(H,13,16). The lowest BCUT2D eigenvalue weighted by Crippen LogP contribution is -2.30. The number of aromatic nitrogens is 1. The third-order valence-corrected chi connectivity index (χ3v) is 3.11. The number of aromatic amines is 1. The second-order valence-corrected chi connectivity index (χ2v) is 4.35. The molecule has 0 bridgehead atoms. The van der Waals surface area contributed by atoms with Crippen LogP contribution in [0.3, 0.4) is 0 Å². The molecule has 1 aliphatic rings. The third-order valence-electron chi connectivity index (χ3n) is 3.11. The van der Waals surface area contributed by atoms with E-state index in [1.165, 1.54) is 6.07 Å². The van der Waals surface area contributed by atoms with E-state index >= 15 is 0 Å². The monoisotopic (exact) mass is 236 g/mol. The molecule has 1 atom stereocenters. The highest BCUT2D eigenvalue weighted by Gasteiger charge is 2.26. The highest BCUT2D eigenvalue weighted by molar-refractivity contribution is 5.92. The molecule has 2 heterocycles. The normalized spacial score (nSPS) is 19.6. The van der Waals surface area contributed by atoms with Crippen molar-refractivity contribution in [3.8, 4) is 0 Å². The summed E-state index contributed by atoms with van der Waals surface area (Å²) in [4.78, 5) is 27.4. The smallest absolute Gasteiger partial charge is 0.270 e. The summed E-state index contributed by atoms with van der Waals surface area (Å²) in [5.41, 5.74) is 0.0732. The lowest BCUT2D eigenvalue weighted by molar-refractivity contribution is 0.0778. The molecule has 5 heteroatoms. The highest BCUT2D eigenvalue weighted by Crippen LogP contribution is 2.20. The number of carbonyl (C=O) groups excluding carboxylic acids is 1. The number of pyridine rings is 1. The minimum absolute atomic E-state index is 0.136. The number of nitrogens with zero attached hydrogens (tertiary/aromatic N) is 1. The van der Waals surface area contributed by atoms with Crippen molar-refractivity contribution in [2.75, 3.05) is 19.7 Å². The Bertz CT molecular complexity index is 455. The van der Waals surface area contributed by atoms with Crippen LogP contribution in [-0.4, -0.2) is 40.6 Å². The molecule has 5 nitrogen and oxygen atoms in total. The lowest BCUT2D eigenvalue weighted by atomic mass is 10.1. The molecule has 1 fully saturated rings. The van der Waals surface area contributed by atoms with E-state index in [0.29, 0.717) is 24.7 Å². The van der Waals surface area contributed by atoms with E-state index in [1.807, 2.05) is 0 Å². The zero-order chi connectivity index (χ0) is 12.3. The van der Waals surface area contributed by atoms with Gasteiger partial charge in [-0.1, -0.05) is 6.07 Å². The summed E-state index contributed by atoms with van der Waals surface area (Å²) in [6.07, 6.45) is 1.65. The van der Waals surface area contributed by atoms with Gasteiger partial charge in [-0.05, 0) is 24.8 Å². The fourth-order valence-corrected chi connectivity index (χ4v) is 2.18. The van der Waals surface area contributed by atoms with Gasteiger partial charge in [-0.15, -0.1) is 0 Å². The van der Waals surface area contributed by atoms with Crippen molar-refractivity contribution in [1.29, 1.82) is 0 Å². The van der Waals surface area contributed by atoms with Gasteiger partial charge in [0.2, 0.25) is 5.56 Å². The summed E-state index contributed by atoms with van der Waals surface area (Å²) in [5.74, 6) is 0.238. The summed E-state index contributed by atoms with van der Waals surface area (Å²) in [5, 5.41) is 8.85. The largest absolute Gasteiger partial charge is 0.396 e. The Morgan fingerprint density at radius 2 is 2.35 bits per heavy atom. The van der Waals surface area contributed by atoms with Crippen LogP contribution in [0.15, 0.2) is 23.0 Å². The second-order valence-electron chi connectivity index (χ2n) is 4.35. The number of aliphatic hydroxyl groups is 1. The first kappa shape index (κ1) is 11.9. The van der Waals surface area contributed by atoms with Crippen LogP contribution >= 0.6 is 0 Å². The molecule has 2 rings (SSSR count). The minimum Gasteiger partial charge on any atom is -0.396 e. The van der Waals surface area contributed by atoms with Gasteiger partial charge >= 0.3 is 0 Å². The highest BCUT2D eigenvalue weighted by atomic mass is 16.3. The van der Waals surface area contributed by atoms with E-state index < -0.39 is 0 Å². The quantitative estimate of drug-likeness (QED) is 0.788. The summed E-state index contributed by atoms with van der Waals surface area (Å²) < 4.78 is 0. The third kappa shape index (κ3) is 2.74. The summed E-state index contributed by atoms with van der Waals surface area (Å²) in [6.45, 7) is 1.52. The molecule has 0 saturated carbocycles. The van der Waals surface area contributed by atoms with Gasteiger partial charge in [-0.2, -0.15) is 0 Å². The van der Waals surface area contributed by atoms with Crippen molar-refractivity contribution in [1.82, 2.24) is 9.88 Å². The molecule has 0 spiro atoms. The molecule has 92 valence electrons. The van der Waals surface area contributed by atoms with Gasteiger partial charge in [0.25, 0.3) is 5.91 Å². The first-order chi connectivity index (χ1) is 8.20. The van der Waals surface area contributed by atoms with Crippen LogP contribution in [0.4, 0.5) is 0 Å². The summed E-state index contributed by atoms with van der Waals surface area (Å²) in [7, 11) is 0. The Labute approximate surface area is 99.1 Å². The van der Waals surface area contributed by atoms with E-state index in [1.54, 1.807) is 17.0 Å². The molecule has 1 aromatic rings. The molecule has 0 aromatic carbocycles. The van der Waals surface area contributed by atoms with E-state index in [2.05, 4.69) is 4.98 Å². The Morgan fingerprint density at radius 1 is 1.53 bits per heavy atom. The number of hydrogen-bond donors (Lipinski definition) is 2. The SMILES string of the molecule is O=C(c1cccc(=O)[nH]1)N1CCC(CCO)C1. The molecule has 0 radical (unpaired) electrons. The van der Waals surface area contributed by atoms with E-state index in [4.69, 9.17) is 5.11 Å². The van der Waals surface area contributed by atoms with Crippen molar-refractivity contribution in [3.63, 3.8) is 0 Å². The Kier molecular flexibility index (Phi) is 3.58. The molecule has 1 unspecified atom stereocenters. The number of carbonyl (C=O) groups is 1. The molecule has 1 aliphatic heterocycles. The Balaban J connectivity index is 2.04. The van der Waals surface area contributed by atoms with Crippen LogP contribution in [0.5, 0.6) is 0 Å². The number of H-pyrrole nitrogens is 1. The van der Waals surface area contributed by atoms with Crippen LogP contribution in [0, 0.1) is 5.92 Å². The predicted octanol–water partition coefficient (Wildman–Crippen LogP) is 0.219. The number of amides is 1. The van der Waals surface area contributed by atoms with E-state index in [0.717, 1.165) is 12.8 Å². The van der Waals surface area contributed by atoms with E-state index in [-0.39, 0.29) is 18.1 Å². The van der Waals surface area contributed by atoms with Gasteiger partial charge in [0.15, 0.2) is 0 Å². The number of nitrogens with one attached hydrogen (secondary N) is 1. The average molecular weight is 236 g/mol. The van der Waals surface area contributed by atoms with Crippen molar-refractivity contribution in [2.24, 2.45) is 5.92 Å². The van der Waals surface area contributed by atoms with Crippen molar-refractivity contribution < 1.29 is 9.90 Å². The molecule has 1 amide bonds. The van der Waals surface area contributed by atoms with Crippen LogP contribution in [0.1, 0.15) is 23.3 Å². The maximum absolute atomic E-state index is 12.0. The van der Waals surface area contributed by atoms with Crippen molar-refractivity contribution in [2.45, 2.75) is 12.8 Å². The molecule has 1 saturated heterocycles. The molecule has 2 N–H and O–H groups in total.